The van der Waals surface area contributed by atoms with Gasteiger partial charge < -0.3 is 10.5 Å². The molecule has 0 bridgehead atoms. The minimum atomic E-state index is -0.770. The molecule has 128 valence electrons. The lowest BCUT2D eigenvalue weighted by atomic mass is 9.96. The molecule has 1 atom stereocenters. The molecular formula is C19H23FN2O2. The van der Waals surface area contributed by atoms with Crippen molar-refractivity contribution >= 4 is 5.97 Å². The van der Waals surface area contributed by atoms with Crippen LogP contribution in [-0.2, 0) is 9.53 Å². The third-order valence-corrected chi connectivity index (χ3v) is 3.98. The van der Waals surface area contributed by atoms with Gasteiger partial charge in [-0.05, 0) is 44.9 Å². The van der Waals surface area contributed by atoms with E-state index in [1.807, 2.05) is 32.0 Å². The van der Waals surface area contributed by atoms with Gasteiger partial charge in [-0.2, -0.15) is 0 Å². The summed E-state index contributed by atoms with van der Waals surface area (Å²) in [4.78, 5) is 16.0. The second kappa shape index (κ2) is 7.53. The van der Waals surface area contributed by atoms with Crippen molar-refractivity contribution in [3.63, 3.8) is 0 Å². The summed E-state index contributed by atoms with van der Waals surface area (Å²) < 4.78 is 19.4. The minimum absolute atomic E-state index is 0.0690. The van der Waals surface area contributed by atoms with Gasteiger partial charge >= 0.3 is 5.97 Å². The van der Waals surface area contributed by atoms with Gasteiger partial charge in [0, 0.05) is 17.2 Å². The first-order chi connectivity index (χ1) is 11.3. The molecule has 24 heavy (non-hydrogen) atoms. The van der Waals surface area contributed by atoms with Gasteiger partial charge in [-0.1, -0.05) is 18.2 Å². The average Bonchev–Trinajstić information content (AvgIpc) is 2.50. The van der Waals surface area contributed by atoms with Gasteiger partial charge in [-0.3, -0.25) is 9.78 Å². The molecule has 2 N–H and O–H groups in total. The summed E-state index contributed by atoms with van der Waals surface area (Å²) in [5, 5.41) is 0. The lowest BCUT2D eigenvalue weighted by Gasteiger charge is -2.17. The Morgan fingerprint density at radius 1 is 1.29 bits per heavy atom. The van der Waals surface area contributed by atoms with Crippen molar-refractivity contribution in [3.05, 3.63) is 52.5 Å². The first-order valence-electron chi connectivity index (χ1n) is 8.00. The van der Waals surface area contributed by atoms with Crippen molar-refractivity contribution in [2.75, 3.05) is 6.61 Å². The lowest BCUT2D eigenvalue weighted by Crippen LogP contribution is -2.19. The molecule has 1 aromatic carbocycles. The maximum atomic E-state index is 14.5. The minimum Gasteiger partial charge on any atom is -0.466 e. The predicted octanol–water partition coefficient (Wildman–Crippen LogP) is 3.77. The number of carbonyl (C=O) groups is 1. The molecule has 0 spiro atoms. The van der Waals surface area contributed by atoms with Gasteiger partial charge in [0.15, 0.2) is 0 Å². The van der Waals surface area contributed by atoms with Crippen molar-refractivity contribution in [3.8, 4) is 11.3 Å². The van der Waals surface area contributed by atoms with Gasteiger partial charge in [0.1, 0.15) is 5.82 Å². The smallest absolute Gasteiger partial charge is 0.307 e. The van der Waals surface area contributed by atoms with E-state index in [-0.39, 0.29) is 24.3 Å². The Balaban J connectivity index is 2.47. The van der Waals surface area contributed by atoms with Crippen molar-refractivity contribution in [2.45, 2.75) is 40.2 Å². The van der Waals surface area contributed by atoms with E-state index in [9.17, 15) is 9.18 Å². The number of pyridine rings is 1. The molecule has 0 radical (unpaired) electrons. The van der Waals surface area contributed by atoms with Gasteiger partial charge in [-0.25, -0.2) is 4.39 Å². The van der Waals surface area contributed by atoms with Crippen molar-refractivity contribution < 1.29 is 13.9 Å². The zero-order valence-corrected chi connectivity index (χ0v) is 14.5. The molecule has 0 saturated carbocycles. The highest BCUT2D eigenvalue weighted by Gasteiger charge is 2.20. The largest absolute Gasteiger partial charge is 0.466 e. The van der Waals surface area contributed by atoms with E-state index in [4.69, 9.17) is 10.5 Å². The Labute approximate surface area is 141 Å². The van der Waals surface area contributed by atoms with E-state index in [0.29, 0.717) is 5.69 Å². The highest BCUT2D eigenvalue weighted by molar-refractivity contribution is 5.71. The van der Waals surface area contributed by atoms with Crippen LogP contribution < -0.4 is 5.73 Å². The second-order valence-electron chi connectivity index (χ2n) is 5.88. The molecule has 1 heterocycles. The molecule has 1 aromatic heterocycles. The van der Waals surface area contributed by atoms with E-state index < -0.39 is 17.8 Å². The van der Waals surface area contributed by atoms with Crippen molar-refractivity contribution in [2.24, 2.45) is 5.73 Å². The first-order valence-corrected chi connectivity index (χ1v) is 8.00. The molecule has 0 aliphatic carbocycles. The second-order valence-corrected chi connectivity index (χ2v) is 5.88. The van der Waals surface area contributed by atoms with E-state index in [0.717, 1.165) is 16.7 Å². The maximum Gasteiger partial charge on any atom is 0.307 e. The van der Waals surface area contributed by atoms with Crippen LogP contribution in [0.3, 0.4) is 0 Å². The van der Waals surface area contributed by atoms with Crippen molar-refractivity contribution in [1.29, 1.82) is 0 Å². The number of hydrogen-bond donors (Lipinski definition) is 1. The van der Waals surface area contributed by atoms with Crippen LogP contribution in [-0.4, -0.2) is 17.6 Å². The van der Waals surface area contributed by atoms with Crippen LogP contribution in [0.1, 0.15) is 41.8 Å². The number of esters is 1. The Kier molecular flexibility index (Phi) is 5.67. The summed E-state index contributed by atoms with van der Waals surface area (Å²) in [5.41, 5.74) is 10.3. The topological polar surface area (TPSA) is 65.2 Å². The maximum absolute atomic E-state index is 14.5. The number of aromatic nitrogens is 1. The number of aryl methyl sites for hydroxylation is 3. The van der Waals surface area contributed by atoms with Crippen LogP contribution in [0.15, 0.2) is 24.3 Å². The van der Waals surface area contributed by atoms with E-state index in [1.54, 1.807) is 19.9 Å². The molecule has 2 rings (SSSR count). The van der Waals surface area contributed by atoms with Crippen LogP contribution in [0.4, 0.5) is 4.39 Å². The number of ether oxygens (including phenoxy) is 1. The summed E-state index contributed by atoms with van der Waals surface area (Å²) in [6.07, 6.45) is -0.0690. The van der Waals surface area contributed by atoms with Crippen LogP contribution in [0, 0.1) is 26.6 Å². The van der Waals surface area contributed by atoms with E-state index in [1.165, 1.54) is 0 Å². The van der Waals surface area contributed by atoms with Crippen LogP contribution >= 0.6 is 0 Å². The molecule has 1 unspecified atom stereocenters. The lowest BCUT2D eigenvalue weighted by molar-refractivity contribution is -0.143. The monoisotopic (exact) mass is 330 g/mol. The number of benzene rings is 1. The van der Waals surface area contributed by atoms with Crippen LogP contribution in [0.25, 0.3) is 11.3 Å². The highest BCUT2D eigenvalue weighted by atomic mass is 19.1. The molecule has 0 aliphatic heterocycles. The fourth-order valence-corrected chi connectivity index (χ4v) is 2.81. The standard InChI is InChI=1S/C19H23FN2O2/c1-5-24-17(23)10-15(21)14-9-16(22-13(4)19(14)20)18-11(2)7-6-8-12(18)3/h6-9,15H,5,10,21H2,1-4H3. The summed E-state index contributed by atoms with van der Waals surface area (Å²) in [6.45, 7) is 7.57. The SMILES string of the molecule is CCOC(=O)CC(N)c1cc(-c2c(C)cccc2C)nc(C)c1F. The quantitative estimate of drug-likeness (QED) is 0.848. The number of rotatable bonds is 5. The normalized spacial score (nSPS) is 12.1. The first kappa shape index (κ1) is 18.1. The van der Waals surface area contributed by atoms with E-state index in [2.05, 4.69) is 4.98 Å². The highest BCUT2D eigenvalue weighted by Crippen LogP contribution is 2.30. The zero-order valence-electron chi connectivity index (χ0n) is 14.5. The number of nitrogens with two attached hydrogens (primary N) is 1. The molecular weight excluding hydrogens is 307 g/mol. The van der Waals surface area contributed by atoms with Crippen LogP contribution in [0.5, 0.6) is 0 Å². The average molecular weight is 330 g/mol. The van der Waals surface area contributed by atoms with Crippen molar-refractivity contribution in [1.82, 2.24) is 4.98 Å². The molecule has 5 heteroatoms. The summed E-state index contributed by atoms with van der Waals surface area (Å²) in [6, 6.07) is 6.82. The Hall–Kier alpha value is -2.27. The Morgan fingerprint density at radius 3 is 2.50 bits per heavy atom. The molecule has 0 saturated heterocycles. The molecule has 0 amide bonds. The third kappa shape index (κ3) is 3.79. The number of nitrogens with zero attached hydrogens (tertiary/aromatic N) is 1. The summed E-state index contributed by atoms with van der Waals surface area (Å²) in [7, 11) is 0. The number of carbonyl (C=O) groups excluding carboxylic acids is 1. The predicted molar refractivity (Wildman–Crippen MR) is 92.0 cm³/mol. The zero-order chi connectivity index (χ0) is 17.9. The molecule has 4 nitrogen and oxygen atoms in total. The van der Waals surface area contributed by atoms with Gasteiger partial charge in [0.25, 0.3) is 0 Å². The molecule has 2 aromatic rings. The molecule has 0 fully saturated rings. The fraction of sp³-hybridized carbons (Fsp3) is 0.368. The van der Waals surface area contributed by atoms with Gasteiger partial charge in [0.2, 0.25) is 0 Å². The van der Waals surface area contributed by atoms with Gasteiger partial charge in [0.05, 0.1) is 24.4 Å². The number of hydrogen-bond acceptors (Lipinski definition) is 4. The van der Waals surface area contributed by atoms with Gasteiger partial charge in [-0.15, -0.1) is 0 Å². The number of halogens is 1. The Bertz CT molecular complexity index is 739. The van der Waals surface area contributed by atoms with Crippen LogP contribution in [0.2, 0.25) is 0 Å². The summed E-state index contributed by atoms with van der Waals surface area (Å²) in [5.74, 6) is -0.908. The summed E-state index contributed by atoms with van der Waals surface area (Å²) >= 11 is 0. The third-order valence-electron chi connectivity index (χ3n) is 3.98. The molecule has 0 aliphatic rings. The fourth-order valence-electron chi connectivity index (χ4n) is 2.81. The Morgan fingerprint density at radius 2 is 1.92 bits per heavy atom. The van der Waals surface area contributed by atoms with E-state index >= 15 is 0 Å².